The number of benzene rings is 1. The minimum atomic E-state index is -0.875. The molecule has 2 amide bonds. The standard InChI is InChI=1S/C19H24N2O4/c1-12(2)13-3-5-15(6-4-13)21-10-8-16(18(21)23)17(22)20-9-7-14(11-20)19(24)25/h3-6,12,14,16H,7-11H2,1-2H3,(H,24,25)/t14-,16-/m0/s1. The molecule has 0 aromatic heterocycles. The third-order valence-corrected chi connectivity index (χ3v) is 5.22. The van der Waals surface area contributed by atoms with Crippen LogP contribution in [0, 0.1) is 11.8 Å². The lowest BCUT2D eigenvalue weighted by atomic mass is 10.0. The first-order valence-electron chi connectivity index (χ1n) is 8.81. The van der Waals surface area contributed by atoms with Crippen molar-refractivity contribution in [2.24, 2.45) is 11.8 Å². The minimum Gasteiger partial charge on any atom is -0.481 e. The lowest BCUT2D eigenvalue weighted by Crippen LogP contribution is -2.39. The van der Waals surface area contributed by atoms with Gasteiger partial charge in [-0.1, -0.05) is 26.0 Å². The summed E-state index contributed by atoms with van der Waals surface area (Å²) < 4.78 is 0. The molecule has 25 heavy (non-hydrogen) atoms. The number of carboxylic acid groups (broad SMARTS) is 1. The van der Waals surface area contributed by atoms with Gasteiger partial charge in [0.25, 0.3) is 0 Å². The molecule has 3 rings (SSSR count). The molecule has 134 valence electrons. The van der Waals surface area contributed by atoms with Crippen molar-refractivity contribution in [3.8, 4) is 0 Å². The predicted octanol–water partition coefficient (Wildman–Crippen LogP) is 2.10. The molecule has 2 aliphatic rings. The molecule has 2 atom stereocenters. The zero-order valence-electron chi connectivity index (χ0n) is 14.6. The summed E-state index contributed by atoms with van der Waals surface area (Å²) in [5, 5.41) is 9.07. The summed E-state index contributed by atoms with van der Waals surface area (Å²) >= 11 is 0. The highest BCUT2D eigenvalue weighted by atomic mass is 16.4. The molecule has 0 saturated carbocycles. The third kappa shape index (κ3) is 3.38. The van der Waals surface area contributed by atoms with E-state index in [2.05, 4.69) is 13.8 Å². The maximum Gasteiger partial charge on any atom is 0.308 e. The molecule has 1 aromatic carbocycles. The number of rotatable bonds is 4. The Labute approximate surface area is 147 Å². The first-order valence-corrected chi connectivity index (χ1v) is 8.81. The minimum absolute atomic E-state index is 0.180. The second-order valence-electron chi connectivity index (χ2n) is 7.19. The Kier molecular flexibility index (Phi) is 4.79. The summed E-state index contributed by atoms with van der Waals surface area (Å²) in [6, 6.07) is 7.88. The van der Waals surface area contributed by atoms with Gasteiger partial charge in [-0.3, -0.25) is 14.4 Å². The van der Waals surface area contributed by atoms with Crippen LogP contribution in [0.2, 0.25) is 0 Å². The van der Waals surface area contributed by atoms with E-state index in [0.717, 1.165) is 5.69 Å². The maximum absolute atomic E-state index is 12.7. The zero-order chi connectivity index (χ0) is 18.1. The van der Waals surface area contributed by atoms with Crippen LogP contribution in [0.1, 0.15) is 38.2 Å². The Balaban J connectivity index is 1.67. The Morgan fingerprint density at radius 1 is 1.12 bits per heavy atom. The number of carbonyl (C=O) groups excluding carboxylic acids is 2. The molecule has 6 heteroatoms. The van der Waals surface area contributed by atoms with Crippen molar-refractivity contribution in [1.82, 2.24) is 4.90 Å². The van der Waals surface area contributed by atoms with Crippen LogP contribution in [0.15, 0.2) is 24.3 Å². The maximum atomic E-state index is 12.7. The lowest BCUT2D eigenvalue weighted by Gasteiger charge is -2.21. The van der Waals surface area contributed by atoms with Crippen molar-refractivity contribution < 1.29 is 19.5 Å². The fourth-order valence-corrected chi connectivity index (χ4v) is 3.59. The van der Waals surface area contributed by atoms with Gasteiger partial charge in [-0.15, -0.1) is 0 Å². The molecule has 0 bridgehead atoms. The molecule has 6 nitrogen and oxygen atoms in total. The molecular formula is C19H24N2O4. The van der Waals surface area contributed by atoms with Crippen LogP contribution in [-0.4, -0.2) is 47.4 Å². The summed E-state index contributed by atoms with van der Waals surface area (Å²) in [6.45, 7) is 5.38. The first-order chi connectivity index (χ1) is 11.9. The van der Waals surface area contributed by atoms with Gasteiger partial charge in [0.15, 0.2) is 0 Å². The quantitative estimate of drug-likeness (QED) is 0.849. The summed E-state index contributed by atoms with van der Waals surface area (Å²) in [7, 11) is 0. The molecular weight excluding hydrogens is 320 g/mol. The molecule has 2 heterocycles. The van der Waals surface area contributed by atoms with Crippen LogP contribution >= 0.6 is 0 Å². The van der Waals surface area contributed by atoms with E-state index in [0.29, 0.717) is 31.8 Å². The number of carboxylic acids is 1. The highest BCUT2D eigenvalue weighted by Crippen LogP contribution is 2.29. The van der Waals surface area contributed by atoms with Crippen LogP contribution in [-0.2, 0) is 14.4 Å². The van der Waals surface area contributed by atoms with Crippen LogP contribution in [0.5, 0.6) is 0 Å². The number of hydrogen-bond acceptors (Lipinski definition) is 3. The molecule has 0 radical (unpaired) electrons. The smallest absolute Gasteiger partial charge is 0.308 e. The number of likely N-dealkylation sites (tertiary alicyclic amines) is 1. The largest absolute Gasteiger partial charge is 0.481 e. The number of anilines is 1. The Morgan fingerprint density at radius 3 is 2.36 bits per heavy atom. The van der Waals surface area contributed by atoms with Gasteiger partial charge in [-0.25, -0.2) is 0 Å². The molecule has 2 aliphatic heterocycles. The van der Waals surface area contributed by atoms with E-state index in [1.807, 2.05) is 24.3 Å². The van der Waals surface area contributed by atoms with Crippen molar-refractivity contribution in [3.05, 3.63) is 29.8 Å². The van der Waals surface area contributed by atoms with E-state index in [1.165, 1.54) is 10.5 Å². The summed E-state index contributed by atoms with van der Waals surface area (Å²) in [6.07, 6.45) is 0.945. The lowest BCUT2D eigenvalue weighted by molar-refractivity contribution is -0.142. The number of hydrogen-bond donors (Lipinski definition) is 1. The van der Waals surface area contributed by atoms with Crippen molar-refractivity contribution >= 4 is 23.5 Å². The number of amides is 2. The number of aliphatic carboxylic acids is 1. The highest BCUT2D eigenvalue weighted by Gasteiger charge is 2.42. The predicted molar refractivity (Wildman–Crippen MR) is 93.3 cm³/mol. The average Bonchev–Trinajstić information content (AvgIpc) is 3.21. The normalized spacial score (nSPS) is 23.6. The topological polar surface area (TPSA) is 77.9 Å². The van der Waals surface area contributed by atoms with E-state index < -0.39 is 17.8 Å². The SMILES string of the molecule is CC(C)c1ccc(N2CC[C@@H](C(=O)N3CC[C@H](C(=O)O)C3)C2=O)cc1. The monoisotopic (exact) mass is 344 g/mol. The van der Waals surface area contributed by atoms with Gasteiger partial charge < -0.3 is 14.9 Å². The van der Waals surface area contributed by atoms with Gasteiger partial charge in [0.05, 0.1) is 5.92 Å². The van der Waals surface area contributed by atoms with Crippen LogP contribution < -0.4 is 4.90 Å². The molecule has 0 spiro atoms. The number of carbonyl (C=O) groups is 3. The highest BCUT2D eigenvalue weighted by molar-refractivity contribution is 6.09. The van der Waals surface area contributed by atoms with Crippen molar-refractivity contribution in [1.29, 1.82) is 0 Å². The molecule has 2 saturated heterocycles. The van der Waals surface area contributed by atoms with Crippen molar-refractivity contribution in [2.75, 3.05) is 24.5 Å². The Morgan fingerprint density at radius 2 is 1.80 bits per heavy atom. The van der Waals surface area contributed by atoms with Gasteiger partial charge >= 0.3 is 5.97 Å². The van der Waals surface area contributed by atoms with Gasteiger partial charge in [0.1, 0.15) is 5.92 Å². The Hall–Kier alpha value is -2.37. The van der Waals surface area contributed by atoms with Gasteiger partial charge in [0.2, 0.25) is 11.8 Å². The molecule has 0 unspecified atom stereocenters. The fourth-order valence-electron chi connectivity index (χ4n) is 3.59. The van der Waals surface area contributed by atoms with E-state index in [1.54, 1.807) is 4.90 Å². The van der Waals surface area contributed by atoms with E-state index >= 15 is 0 Å². The van der Waals surface area contributed by atoms with E-state index in [9.17, 15) is 14.4 Å². The van der Waals surface area contributed by atoms with Gasteiger partial charge in [-0.2, -0.15) is 0 Å². The van der Waals surface area contributed by atoms with Crippen molar-refractivity contribution in [2.45, 2.75) is 32.6 Å². The third-order valence-electron chi connectivity index (χ3n) is 5.22. The summed E-state index contributed by atoms with van der Waals surface area (Å²) in [5.74, 6) is -2.05. The van der Waals surface area contributed by atoms with E-state index in [4.69, 9.17) is 5.11 Å². The number of nitrogens with zero attached hydrogens (tertiary/aromatic N) is 2. The molecule has 2 fully saturated rings. The summed E-state index contributed by atoms with van der Waals surface area (Å²) in [5.41, 5.74) is 2.02. The van der Waals surface area contributed by atoms with Crippen LogP contribution in [0.4, 0.5) is 5.69 Å². The second-order valence-corrected chi connectivity index (χ2v) is 7.19. The van der Waals surface area contributed by atoms with Crippen LogP contribution in [0.25, 0.3) is 0 Å². The van der Waals surface area contributed by atoms with E-state index in [-0.39, 0.29) is 18.4 Å². The van der Waals surface area contributed by atoms with Gasteiger partial charge in [-0.05, 0) is 36.5 Å². The first kappa shape index (κ1) is 17.5. The van der Waals surface area contributed by atoms with Crippen molar-refractivity contribution in [3.63, 3.8) is 0 Å². The van der Waals surface area contributed by atoms with Gasteiger partial charge in [0, 0.05) is 25.3 Å². The fraction of sp³-hybridized carbons (Fsp3) is 0.526. The molecule has 0 aliphatic carbocycles. The Bertz CT molecular complexity index is 683. The van der Waals surface area contributed by atoms with Crippen LogP contribution in [0.3, 0.4) is 0 Å². The molecule has 1 aromatic rings. The average molecular weight is 344 g/mol. The molecule has 1 N–H and O–H groups in total. The second kappa shape index (κ2) is 6.86. The zero-order valence-corrected chi connectivity index (χ0v) is 14.6. The summed E-state index contributed by atoms with van der Waals surface area (Å²) in [4.78, 5) is 39.6.